The molecule has 0 saturated heterocycles. The molecule has 0 fully saturated rings. The van der Waals surface area contributed by atoms with Gasteiger partial charge in [-0.2, -0.15) is 0 Å². The first-order chi connectivity index (χ1) is 8.63. The van der Waals surface area contributed by atoms with E-state index in [0.29, 0.717) is 17.9 Å². The number of carbonyl (C=O) groups is 1. The van der Waals surface area contributed by atoms with Gasteiger partial charge in [-0.1, -0.05) is 6.07 Å². The Morgan fingerprint density at radius 3 is 2.22 bits per heavy atom. The van der Waals surface area contributed by atoms with Crippen LogP contribution < -0.4 is 15.2 Å². The Balaban J connectivity index is 2.89. The van der Waals surface area contributed by atoms with Crippen LogP contribution in [0.3, 0.4) is 0 Å². The van der Waals surface area contributed by atoms with Crippen molar-refractivity contribution in [1.82, 2.24) is 0 Å². The lowest BCUT2D eigenvalue weighted by Gasteiger charge is -2.18. The molecule has 1 aromatic rings. The van der Waals surface area contributed by atoms with Crippen LogP contribution >= 0.6 is 0 Å². The second-order valence-electron chi connectivity index (χ2n) is 3.80. The first-order valence-corrected chi connectivity index (χ1v) is 5.67. The van der Waals surface area contributed by atoms with Crippen LogP contribution in [0, 0.1) is 0 Å². The molecule has 0 aliphatic carbocycles. The highest BCUT2D eigenvalue weighted by Crippen LogP contribution is 2.34. The standard InChI is InChI=1S/C13H19NO4/c1-16-10-5-4-6-11(17-2)13(10)9(14)7-8-12(15)18-3/h4-6,9H,7-8,14H2,1-3H3. The number of methoxy groups -OCH3 is 3. The van der Waals surface area contributed by atoms with Crippen molar-refractivity contribution >= 4 is 5.97 Å². The number of rotatable bonds is 6. The van der Waals surface area contributed by atoms with Crippen LogP contribution in [-0.2, 0) is 9.53 Å². The zero-order valence-electron chi connectivity index (χ0n) is 10.9. The summed E-state index contributed by atoms with van der Waals surface area (Å²) < 4.78 is 15.1. The van der Waals surface area contributed by atoms with Crippen molar-refractivity contribution in [1.29, 1.82) is 0 Å². The van der Waals surface area contributed by atoms with Crippen molar-refractivity contribution < 1.29 is 19.0 Å². The van der Waals surface area contributed by atoms with Gasteiger partial charge >= 0.3 is 5.97 Å². The predicted octanol–water partition coefficient (Wildman–Crippen LogP) is 1.66. The molecule has 5 nitrogen and oxygen atoms in total. The Morgan fingerprint density at radius 1 is 1.22 bits per heavy atom. The maximum atomic E-state index is 11.1. The number of esters is 1. The molecule has 0 radical (unpaired) electrons. The summed E-state index contributed by atoms with van der Waals surface area (Å²) in [5.41, 5.74) is 6.85. The summed E-state index contributed by atoms with van der Waals surface area (Å²) in [7, 11) is 4.51. The lowest BCUT2D eigenvalue weighted by molar-refractivity contribution is -0.140. The quantitative estimate of drug-likeness (QED) is 0.781. The summed E-state index contributed by atoms with van der Waals surface area (Å²) in [6, 6.07) is 5.12. The van der Waals surface area contributed by atoms with E-state index in [1.54, 1.807) is 14.2 Å². The number of nitrogens with two attached hydrogens (primary N) is 1. The van der Waals surface area contributed by atoms with E-state index in [0.717, 1.165) is 5.56 Å². The number of carbonyl (C=O) groups excluding carboxylic acids is 1. The van der Waals surface area contributed by atoms with E-state index in [1.165, 1.54) is 7.11 Å². The van der Waals surface area contributed by atoms with Crippen molar-refractivity contribution in [3.05, 3.63) is 23.8 Å². The third-order valence-corrected chi connectivity index (χ3v) is 2.72. The Morgan fingerprint density at radius 2 is 1.78 bits per heavy atom. The molecule has 18 heavy (non-hydrogen) atoms. The molecular weight excluding hydrogens is 234 g/mol. The van der Waals surface area contributed by atoms with Crippen LogP contribution in [0.25, 0.3) is 0 Å². The van der Waals surface area contributed by atoms with Crippen LogP contribution in [0.15, 0.2) is 18.2 Å². The van der Waals surface area contributed by atoms with E-state index in [-0.39, 0.29) is 18.4 Å². The molecule has 2 N–H and O–H groups in total. The van der Waals surface area contributed by atoms with Gasteiger partial charge in [-0.3, -0.25) is 4.79 Å². The average molecular weight is 253 g/mol. The Kier molecular flexibility index (Phi) is 5.45. The maximum absolute atomic E-state index is 11.1. The SMILES string of the molecule is COC(=O)CCC(N)c1c(OC)cccc1OC. The van der Waals surface area contributed by atoms with Crippen molar-refractivity contribution in [3.63, 3.8) is 0 Å². The predicted molar refractivity (Wildman–Crippen MR) is 67.7 cm³/mol. The molecule has 0 amide bonds. The largest absolute Gasteiger partial charge is 0.496 e. The highest BCUT2D eigenvalue weighted by molar-refractivity contribution is 5.69. The van der Waals surface area contributed by atoms with Crippen LogP contribution in [0.4, 0.5) is 0 Å². The summed E-state index contributed by atoms with van der Waals surface area (Å²) in [4.78, 5) is 11.1. The minimum absolute atomic E-state index is 0.263. The van der Waals surface area contributed by atoms with Gasteiger partial charge in [-0.15, -0.1) is 0 Å². The monoisotopic (exact) mass is 253 g/mol. The lowest BCUT2D eigenvalue weighted by Crippen LogP contribution is -2.15. The normalized spacial score (nSPS) is 11.8. The zero-order valence-corrected chi connectivity index (χ0v) is 10.9. The molecule has 0 heterocycles. The lowest BCUT2D eigenvalue weighted by atomic mass is 10.0. The van der Waals surface area contributed by atoms with Crippen LogP contribution in [0.5, 0.6) is 11.5 Å². The first kappa shape index (κ1) is 14.3. The molecule has 100 valence electrons. The average Bonchev–Trinajstić information content (AvgIpc) is 2.43. The van der Waals surface area contributed by atoms with E-state index >= 15 is 0 Å². The van der Waals surface area contributed by atoms with Crippen LogP contribution in [-0.4, -0.2) is 27.3 Å². The molecule has 5 heteroatoms. The summed E-state index contributed by atoms with van der Waals surface area (Å²) in [5.74, 6) is 1.04. The van der Waals surface area contributed by atoms with Crippen molar-refractivity contribution in [3.8, 4) is 11.5 Å². The fraction of sp³-hybridized carbons (Fsp3) is 0.462. The Labute approximate surface area is 107 Å². The van der Waals surface area contributed by atoms with Crippen molar-refractivity contribution in [2.45, 2.75) is 18.9 Å². The molecule has 0 aromatic heterocycles. The highest BCUT2D eigenvalue weighted by atomic mass is 16.5. The fourth-order valence-corrected chi connectivity index (χ4v) is 1.77. The summed E-state index contributed by atoms with van der Waals surface area (Å²) in [6.45, 7) is 0. The van der Waals surface area contributed by atoms with E-state index in [4.69, 9.17) is 15.2 Å². The number of benzene rings is 1. The molecular formula is C13H19NO4. The Hall–Kier alpha value is -1.75. The molecule has 0 spiro atoms. The third-order valence-electron chi connectivity index (χ3n) is 2.72. The molecule has 1 atom stereocenters. The molecule has 0 aliphatic rings. The minimum atomic E-state index is -0.338. The molecule has 1 aromatic carbocycles. The van der Waals surface area contributed by atoms with E-state index < -0.39 is 0 Å². The fourth-order valence-electron chi connectivity index (χ4n) is 1.77. The van der Waals surface area contributed by atoms with Crippen molar-refractivity contribution in [2.75, 3.05) is 21.3 Å². The van der Waals surface area contributed by atoms with Gasteiger partial charge in [0.15, 0.2) is 0 Å². The van der Waals surface area contributed by atoms with Crippen LogP contribution in [0.1, 0.15) is 24.4 Å². The topological polar surface area (TPSA) is 70.8 Å². The molecule has 1 unspecified atom stereocenters. The van der Waals surface area contributed by atoms with Gasteiger partial charge in [0.25, 0.3) is 0 Å². The zero-order chi connectivity index (χ0) is 13.5. The molecule has 0 aliphatic heterocycles. The van der Waals surface area contributed by atoms with E-state index in [9.17, 15) is 4.79 Å². The Bertz CT molecular complexity index is 384. The van der Waals surface area contributed by atoms with Gasteiger partial charge < -0.3 is 19.9 Å². The molecule has 0 bridgehead atoms. The number of hydrogen-bond acceptors (Lipinski definition) is 5. The first-order valence-electron chi connectivity index (χ1n) is 5.67. The van der Waals surface area contributed by atoms with E-state index in [1.807, 2.05) is 18.2 Å². The van der Waals surface area contributed by atoms with Gasteiger partial charge in [0.05, 0.1) is 26.9 Å². The second-order valence-corrected chi connectivity index (χ2v) is 3.80. The van der Waals surface area contributed by atoms with Gasteiger partial charge in [-0.25, -0.2) is 0 Å². The number of ether oxygens (including phenoxy) is 3. The van der Waals surface area contributed by atoms with Gasteiger partial charge in [-0.05, 0) is 18.6 Å². The van der Waals surface area contributed by atoms with Gasteiger partial charge in [0.2, 0.25) is 0 Å². The maximum Gasteiger partial charge on any atom is 0.305 e. The molecule has 0 saturated carbocycles. The smallest absolute Gasteiger partial charge is 0.305 e. The third kappa shape index (κ3) is 3.37. The van der Waals surface area contributed by atoms with Gasteiger partial charge in [0.1, 0.15) is 11.5 Å². The highest BCUT2D eigenvalue weighted by Gasteiger charge is 2.18. The summed E-state index contributed by atoms with van der Waals surface area (Å²) >= 11 is 0. The van der Waals surface area contributed by atoms with Crippen LogP contribution in [0.2, 0.25) is 0 Å². The van der Waals surface area contributed by atoms with Crippen molar-refractivity contribution in [2.24, 2.45) is 5.73 Å². The molecule has 1 rings (SSSR count). The number of hydrogen-bond donors (Lipinski definition) is 1. The summed E-state index contributed by atoms with van der Waals surface area (Å²) in [5, 5.41) is 0. The summed E-state index contributed by atoms with van der Waals surface area (Å²) in [6.07, 6.45) is 0.738. The van der Waals surface area contributed by atoms with E-state index in [2.05, 4.69) is 4.74 Å². The van der Waals surface area contributed by atoms with Gasteiger partial charge in [0, 0.05) is 12.5 Å². The minimum Gasteiger partial charge on any atom is -0.496 e. The second kappa shape index (κ2) is 6.86.